The van der Waals surface area contributed by atoms with Crippen LogP contribution in [0.5, 0.6) is 0 Å². The van der Waals surface area contributed by atoms with Crippen LogP contribution in [0.2, 0.25) is 0 Å². The Kier molecular flexibility index (Phi) is 4.79. The Balaban J connectivity index is 2.27. The van der Waals surface area contributed by atoms with Gasteiger partial charge in [0.2, 0.25) is 0 Å². The summed E-state index contributed by atoms with van der Waals surface area (Å²) < 4.78 is 0. The average molecular weight is 307 g/mol. The van der Waals surface area contributed by atoms with Crippen molar-refractivity contribution in [3.63, 3.8) is 0 Å². The third-order valence-corrected chi connectivity index (χ3v) is 4.52. The molecule has 1 N–H and O–H groups in total. The zero-order valence-electron chi connectivity index (χ0n) is 13.8. The molecule has 0 saturated heterocycles. The molecule has 0 aromatic heterocycles. The number of hydrogen-bond acceptors (Lipinski definition) is 3. The van der Waals surface area contributed by atoms with Gasteiger partial charge in [0.05, 0.1) is 0 Å². The zero-order valence-corrected chi connectivity index (χ0v) is 13.8. The summed E-state index contributed by atoms with van der Waals surface area (Å²) in [6.45, 7) is 0.787. The summed E-state index contributed by atoms with van der Waals surface area (Å²) >= 11 is 0. The van der Waals surface area contributed by atoms with Gasteiger partial charge in [-0.15, -0.1) is 0 Å². The van der Waals surface area contributed by atoms with Crippen molar-refractivity contribution in [1.29, 1.82) is 0 Å². The van der Waals surface area contributed by atoms with E-state index in [4.69, 9.17) is 0 Å². The van der Waals surface area contributed by atoms with Gasteiger partial charge in [-0.3, -0.25) is 0 Å². The van der Waals surface area contributed by atoms with Crippen LogP contribution in [0, 0.1) is 5.21 Å². The highest BCUT2D eigenvalue weighted by Crippen LogP contribution is 2.36. The minimum atomic E-state index is 0.717. The molecular formula is C20H23N2O-. The zero-order chi connectivity index (χ0) is 16.2. The summed E-state index contributed by atoms with van der Waals surface area (Å²) in [5.74, 6) is 0. The molecule has 0 atom stereocenters. The van der Waals surface area contributed by atoms with Crippen molar-refractivity contribution in [3.05, 3.63) is 81.7 Å². The van der Waals surface area contributed by atoms with Gasteiger partial charge in [-0.1, -0.05) is 48.5 Å². The van der Waals surface area contributed by atoms with Crippen molar-refractivity contribution in [2.45, 2.75) is 19.3 Å². The van der Waals surface area contributed by atoms with Crippen molar-refractivity contribution in [2.75, 3.05) is 20.6 Å². The number of fused-ring (bicyclic) bond motifs is 2. The van der Waals surface area contributed by atoms with E-state index >= 15 is 0 Å². The second kappa shape index (κ2) is 6.99. The largest absolute Gasteiger partial charge is 0.759 e. The molecule has 1 aliphatic carbocycles. The van der Waals surface area contributed by atoms with E-state index < -0.39 is 0 Å². The number of hydroxylamine groups is 2. The van der Waals surface area contributed by atoms with Gasteiger partial charge in [0.1, 0.15) is 0 Å². The van der Waals surface area contributed by atoms with Crippen LogP contribution in [-0.2, 0) is 12.8 Å². The van der Waals surface area contributed by atoms with Crippen molar-refractivity contribution in [1.82, 2.24) is 10.4 Å². The van der Waals surface area contributed by atoms with Crippen LogP contribution >= 0.6 is 0 Å². The van der Waals surface area contributed by atoms with E-state index in [1.165, 1.54) is 22.3 Å². The first kappa shape index (κ1) is 15.8. The number of nitrogens with one attached hydrogen (secondary N) is 1. The second-order valence-electron chi connectivity index (χ2n) is 5.99. The maximum absolute atomic E-state index is 12.3. The molecular weight excluding hydrogens is 284 g/mol. The number of aryl methyl sites for hydroxylation is 2. The maximum Gasteiger partial charge on any atom is 0.0122 e. The molecule has 3 nitrogen and oxygen atoms in total. The van der Waals surface area contributed by atoms with Gasteiger partial charge in [0, 0.05) is 17.8 Å². The highest BCUT2D eigenvalue weighted by atomic mass is 16.5. The molecule has 23 heavy (non-hydrogen) atoms. The van der Waals surface area contributed by atoms with Gasteiger partial charge in [-0.2, -0.15) is 0 Å². The fourth-order valence-electron chi connectivity index (χ4n) is 3.37. The predicted molar refractivity (Wildman–Crippen MR) is 96.0 cm³/mol. The monoisotopic (exact) mass is 307 g/mol. The summed E-state index contributed by atoms with van der Waals surface area (Å²) in [6, 6.07) is 17.0. The van der Waals surface area contributed by atoms with Gasteiger partial charge < -0.3 is 15.6 Å². The normalized spacial score (nSPS) is 13.1. The molecule has 0 fully saturated rings. The summed E-state index contributed by atoms with van der Waals surface area (Å²) in [4.78, 5) is 0. The lowest BCUT2D eigenvalue weighted by Gasteiger charge is -2.32. The SMILES string of the molecule is CNCCC(=C1c2ccccc2CCc2ccccc21)N(C)[O-]. The number of hydrogen-bond donors (Lipinski definition) is 1. The lowest BCUT2D eigenvalue weighted by atomic mass is 9.91. The van der Waals surface area contributed by atoms with Crippen molar-refractivity contribution in [2.24, 2.45) is 0 Å². The summed E-state index contributed by atoms with van der Waals surface area (Å²) in [5, 5.41) is 16.5. The molecule has 0 aliphatic heterocycles. The number of rotatable bonds is 4. The van der Waals surface area contributed by atoms with E-state index in [0.29, 0.717) is 6.42 Å². The first-order chi connectivity index (χ1) is 11.2. The quantitative estimate of drug-likeness (QED) is 0.877. The van der Waals surface area contributed by atoms with Crippen LogP contribution in [0.25, 0.3) is 5.57 Å². The van der Waals surface area contributed by atoms with Gasteiger partial charge in [0.25, 0.3) is 0 Å². The molecule has 0 unspecified atom stereocenters. The highest BCUT2D eigenvalue weighted by molar-refractivity contribution is 5.85. The molecule has 0 bridgehead atoms. The molecule has 3 heteroatoms. The fraction of sp³-hybridized carbons (Fsp3) is 0.300. The Hall–Kier alpha value is -2.10. The summed E-state index contributed by atoms with van der Waals surface area (Å²) in [7, 11) is 3.52. The van der Waals surface area contributed by atoms with Gasteiger partial charge in [-0.05, 0) is 55.6 Å². The van der Waals surface area contributed by atoms with E-state index in [1.807, 2.05) is 7.05 Å². The molecule has 1 aliphatic rings. The summed E-state index contributed by atoms with van der Waals surface area (Å²) in [6.07, 6.45) is 2.74. The molecule has 2 aromatic carbocycles. The van der Waals surface area contributed by atoms with E-state index in [-0.39, 0.29) is 0 Å². The minimum absolute atomic E-state index is 0.717. The number of benzene rings is 2. The summed E-state index contributed by atoms with van der Waals surface area (Å²) in [5.41, 5.74) is 6.99. The first-order valence-corrected chi connectivity index (χ1v) is 8.17. The molecule has 0 radical (unpaired) electrons. The van der Waals surface area contributed by atoms with Gasteiger partial charge in [-0.25, -0.2) is 0 Å². The highest BCUT2D eigenvalue weighted by Gasteiger charge is 2.20. The second-order valence-corrected chi connectivity index (χ2v) is 5.99. The minimum Gasteiger partial charge on any atom is -0.759 e. The lowest BCUT2D eigenvalue weighted by Crippen LogP contribution is -2.18. The third-order valence-electron chi connectivity index (χ3n) is 4.52. The van der Waals surface area contributed by atoms with Crippen LogP contribution in [0.4, 0.5) is 0 Å². The molecule has 0 amide bonds. The van der Waals surface area contributed by atoms with E-state index in [9.17, 15) is 5.21 Å². The van der Waals surface area contributed by atoms with Crippen molar-refractivity contribution in [3.8, 4) is 0 Å². The molecule has 3 rings (SSSR count). The smallest absolute Gasteiger partial charge is 0.0122 e. The molecule has 120 valence electrons. The average Bonchev–Trinajstić information content (AvgIpc) is 2.73. The maximum atomic E-state index is 12.3. The topological polar surface area (TPSA) is 38.3 Å². The standard InChI is InChI=1S/C20H23N2O/c1-21-14-13-19(22(2)23)20-17-9-5-3-7-15(17)11-12-16-8-4-6-10-18(16)20/h3-10,21H,11-14H2,1-2H3/q-1. The first-order valence-electron chi connectivity index (χ1n) is 8.17. The van der Waals surface area contributed by atoms with Crippen molar-refractivity contribution >= 4 is 5.57 Å². The Labute approximate surface area is 138 Å². The Morgan fingerprint density at radius 2 is 1.52 bits per heavy atom. The Morgan fingerprint density at radius 3 is 2.00 bits per heavy atom. The fourth-order valence-corrected chi connectivity index (χ4v) is 3.37. The third kappa shape index (κ3) is 3.16. The number of nitrogens with zero attached hydrogens (tertiary/aromatic N) is 1. The molecule has 0 saturated carbocycles. The van der Waals surface area contributed by atoms with Crippen LogP contribution < -0.4 is 5.32 Å². The van der Waals surface area contributed by atoms with Gasteiger partial charge in [0.15, 0.2) is 0 Å². The molecule has 0 spiro atoms. The lowest BCUT2D eigenvalue weighted by molar-refractivity contribution is 0.536. The van der Waals surface area contributed by atoms with E-state index in [0.717, 1.165) is 35.7 Å². The van der Waals surface area contributed by atoms with E-state index in [2.05, 4.69) is 53.8 Å². The van der Waals surface area contributed by atoms with Crippen LogP contribution in [0.15, 0.2) is 54.2 Å². The Morgan fingerprint density at radius 1 is 1.00 bits per heavy atom. The molecule has 0 heterocycles. The molecule has 2 aromatic rings. The Bertz CT molecular complexity index is 670. The van der Waals surface area contributed by atoms with Crippen molar-refractivity contribution < 1.29 is 0 Å². The van der Waals surface area contributed by atoms with Crippen LogP contribution in [0.1, 0.15) is 28.7 Å². The van der Waals surface area contributed by atoms with E-state index in [1.54, 1.807) is 7.05 Å². The van der Waals surface area contributed by atoms with Gasteiger partial charge >= 0.3 is 0 Å². The van der Waals surface area contributed by atoms with Crippen LogP contribution in [-0.4, -0.2) is 25.7 Å². The van der Waals surface area contributed by atoms with Crippen LogP contribution in [0.3, 0.4) is 0 Å². The predicted octanol–water partition coefficient (Wildman–Crippen LogP) is 3.58.